The van der Waals surface area contributed by atoms with Crippen LogP contribution >= 0.6 is 0 Å². The molecule has 0 amide bonds. The smallest absolute Gasteiger partial charge is 0.0213 e. The van der Waals surface area contributed by atoms with Gasteiger partial charge in [-0.05, 0) is 50.2 Å². The van der Waals surface area contributed by atoms with E-state index in [9.17, 15) is 0 Å². The van der Waals surface area contributed by atoms with E-state index in [0.717, 1.165) is 0 Å². The van der Waals surface area contributed by atoms with Crippen molar-refractivity contribution in [2.45, 2.75) is 66.2 Å². The molecule has 0 N–H and O–H groups in total. The maximum atomic E-state index is 2.38. The summed E-state index contributed by atoms with van der Waals surface area (Å²) in [6.07, 6.45) is 14.9. The van der Waals surface area contributed by atoms with Crippen LogP contribution in [0.15, 0.2) is 34.9 Å². The van der Waals surface area contributed by atoms with E-state index in [0.29, 0.717) is 5.92 Å². The summed E-state index contributed by atoms with van der Waals surface area (Å²) < 4.78 is 0. The van der Waals surface area contributed by atoms with Gasteiger partial charge in [0.1, 0.15) is 0 Å². The lowest BCUT2D eigenvalue weighted by molar-refractivity contribution is 0.651. The molecule has 17 heavy (non-hydrogen) atoms. The maximum absolute atomic E-state index is 2.38. The van der Waals surface area contributed by atoms with E-state index < -0.39 is 0 Å². The molecule has 0 saturated heterocycles. The van der Waals surface area contributed by atoms with Crippen LogP contribution in [0.3, 0.4) is 0 Å². The number of allylic oxidation sites excluding steroid dienone is 6. The molecule has 1 atom stereocenters. The highest BCUT2D eigenvalue weighted by Crippen LogP contribution is 2.31. The lowest BCUT2D eigenvalue weighted by atomic mass is 9.85. The van der Waals surface area contributed by atoms with E-state index in [-0.39, 0.29) is 0 Å². The Morgan fingerprint density at radius 3 is 2.76 bits per heavy atom. The molecule has 0 heteroatoms. The fourth-order valence-corrected chi connectivity index (χ4v) is 2.47. The molecule has 1 rings (SSSR count). The third-order valence-electron chi connectivity index (χ3n) is 3.75. The minimum Gasteiger partial charge on any atom is -0.0844 e. The van der Waals surface area contributed by atoms with E-state index in [1.54, 1.807) is 11.1 Å². The van der Waals surface area contributed by atoms with Gasteiger partial charge in [0.2, 0.25) is 0 Å². The monoisotopic (exact) mass is 232 g/mol. The van der Waals surface area contributed by atoms with E-state index in [2.05, 4.69) is 45.9 Å². The highest BCUT2D eigenvalue weighted by molar-refractivity contribution is 5.41. The number of hydrogen-bond donors (Lipinski definition) is 0. The molecule has 0 nitrogen and oxygen atoms in total. The van der Waals surface area contributed by atoms with E-state index in [1.807, 2.05) is 0 Å². The van der Waals surface area contributed by atoms with Gasteiger partial charge in [-0.3, -0.25) is 0 Å². The van der Waals surface area contributed by atoms with Crippen molar-refractivity contribution in [3.8, 4) is 0 Å². The predicted molar refractivity (Wildman–Crippen MR) is 78.1 cm³/mol. The minimum atomic E-state index is 0.708. The average molecular weight is 232 g/mol. The molecule has 96 valence electrons. The summed E-state index contributed by atoms with van der Waals surface area (Å²) in [6, 6.07) is 0. The zero-order valence-electron chi connectivity index (χ0n) is 12.1. The van der Waals surface area contributed by atoms with Crippen molar-refractivity contribution in [2.24, 2.45) is 5.92 Å². The first kappa shape index (κ1) is 14.3. The van der Waals surface area contributed by atoms with Gasteiger partial charge in [-0.1, -0.05) is 56.9 Å². The Bertz CT molecular complexity index is 315. The van der Waals surface area contributed by atoms with Crippen molar-refractivity contribution < 1.29 is 0 Å². The summed E-state index contributed by atoms with van der Waals surface area (Å²) in [7, 11) is 0. The molecule has 1 aliphatic carbocycles. The lowest BCUT2D eigenvalue weighted by Gasteiger charge is -2.21. The number of rotatable bonds is 6. The van der Waals surface area contributed by atoms with Gasteiger partial charge in [0.15, 0.2) is 0 Å². The Labute approximate surface area is 108 Å². The van der Waals surface area contributed by atoms with Gasteiger partial charge in [-0.15, -0.1) is 0 Å². The Morgan fingerprint density at radius 2 is 2.12 bits per heavy atom. The lowest BCUT2D eigenvalue weighted by Crippen LogP contribution is -2.04. The molecule has 0 spiro atoms. The Kier molecular flexibility index (Phi) is 6.32. The van der Waals surface area contributed by atoms with Gasteiger partial charge < -0.3 is 0 Å². The van der Waals surface area contributed by atoms with E-state index in [4.69, 9.17) is 0 Å². The van der Waals surface area contributed by atoms with Crippen molar-refractivity contribution in [1.82, 2.24) is 0 Å². The summed E-state index contributed by atoms with van der Waals surface area (Å²) in [6.45, 7) is 9.00. The zero-order valence-corrected chi connectivity index (χ0v) is 12.1. The Morgan fingerprint density at radius 1 is 1.35 bits per heavy atom. The molecule has 1 aliphatic rings. The first-order valence-electron chi connectivity index (χ1n) is 7.22. The second-order valence-electron chi connectivity index (χ2n) is 5.33. The Balaban J connectivity index is 2.66. The van der Waals surface area contributed by atoms with Crippen LogP contribution in [0.4, 0.5) is 0 Å². The van der Waals surface area contributed by atoms with Crippen LogP contribution in [-0.2, 0) is 0 Å². The van der Waals surface area contributed by atoms with Crippen LogP contribution in [0.2, 0.25) is 0 Å². The van der Waals surface area contributed by atoms with Gasteiger partial charge >= 0.3 is 0 Å². The third-order valence-corrected chi connectivity index (χ3v) is 3.75. The molecule has 0 bridgehead atoms. The Hall–Kier alpha value is -0.780. The van der Waals surface area contributed by atoms with E-state index >= 15 is 0 Å². The van der Waals surface area contributed by atoms with Crippen LogP contribution in [0.25, 0.3) is 0 Å². The van der Waals surface area contributed by atoms with Crippen molar-refractivity contribution >= 4 is 0 Å². The van der Waals surface area contributed by atoms with Crippen molar-refractivity contribution in [3.63, 3.8) is 0 Å². The molecule has 0 radical (unpaired) electrons. The van der Waals surface area contributed by atoms with E-state index in [1.165, 1.54) is 44.1 Å². The quantitative estimate of drug-likeness (QED) is 0.506. The molecular formula is C17H28. The SMILES string of the molecule is C/C=C(\C)C1=C(CCCCCC)C=CC(C)C1. The number of hydrogen-bond acceptors (Lipinski definition) is 0. The molecule has 1 unspecified atom stereocenters. The van der Waals surface area contributed by atoms with Crippen LogP contribution < -0.4 is 0 Å². The molecule has 0 fully saturated rings. The van der Waals surface area contributed by atoms with Gasteiger partial charge in [0, 0.05) is 0 Å². The van der Waals surface area contributed by atoms with Crippen molar-refractivity contribution in [2.75, 3.05) is 0 Å². The summed E-state index contributed by atoms with van der Waals surface area (Å²) in [5, 5.41) is 0. The highest BCUT2D eigenvalue weighted by atomic mass is 14.2. The fraction of sp³-hybridized carbons (Fsp3) is 0.647. The third kappa shape index (κ3) is 4.53. The summed E-state index contributed by atoms with van der Waals surface area (Å²) in [5.41, 5.74) is 4.68. The molecular weight excluding hydrogens is 204 g/mol. The average Bonchev–Trinajstić information content (AvgIpc) is 2.35. The summed E-state index contributed by atoms with van der Waals surface area (Å²) in [4.78, 5) is 0. The van der Waals surface area contributed by atoms with Crippen LogP contribution in [0.1, 0.15) is 66.2 Å². The predicted octanol–water partition coefficient (Wildman–Crippen LogP) is 5.82. The molecule has 0 heterocycles. The number of unbranched alkanes of at least 4 members (excludes halogenated alkanes) is 3. The molecule has 0 saturated carbocycles. The van der Waals surface area contributed by atoms with Crippen LogP contribution in [0.5, 0.6) is 0 Å². The van der Waals surface area contributed by atoms with Crippen LogP contribution in [0, 0.1) is 5.92 Å². The molecule has 0 aromatic heterocycles. The standard InChI is InChI=1S/C17H28/c1-5-7-8-9-10-16-12-11-14(3)13-17(16)15(4)6-2/h6,11-12,14H,5,7-10,13H2,1-4H3/b15-6+. The molecule has 0 aromatic carbocycles. The fourth-order valence-electron chi connectivity index (χ4n) is 2.47. The van der Waals surface area contributed by atoms with Crippen LogP contribution in [-0.4, -0.2) is 0 Å². The summed E-state index contributed by atoms with van der Waals surface area (Å²) in [5.74, 6) is 0.708. The molecule has 0 aliphatic heterocycles. The highest BCUT2D eigenvalue weighted by Gasteiger charge is 2.13. The van der Waals surface area contributed by atoms with Crippen molar-refractivity contribution in [1.29, 1.82) is 0 Å². The summed E-state index contributed by atoms with van der Waals surface area (Å²) >= 11 is 0. The normalized spacial score (nSPS) is 21.2. The van der Waals surface area contributed by atoms with Gasteiger partial charge in [0.05, 0.1) is 0 Å². The van der Waals surface area contributed by atoms with Gasteiger partial charge in [-0.25, -0.2) is 0 Å². The first-order chi connectivity index (χ1) is 8.19. The molecule has 0 aromatic rings. The topological polar surface area (TPSA) is 0 Å². The van der Waals surface area contributed by atoms with Gasteiger partial charge in [-0.2, -0.15) is 0 Å². The first-order valence-corrected chi connectivity index (χ1v) is 7.22. The second-order valence-corrected chi connectivity index (χ2v) is 5.33. The van der Waals surface area contributed by atoms with Crippen molar-refractivity contribution in [3.05, 3.63) is 34.9 Å². The zero-order chi connectivity index (χ0) is 12.7. The maximum Gasteiger partial charge on any atom is -0.0213 e. The second kappa shape index (κ2) is 7.53. The minimum absolute atomic E-state index is 0.708. The largest absolute Gasteiger partial charge is 0.0844 e. The van der Waals surface area contributed by atoms with Gasteiger partial charge in [0.25, 0.3) is 0 Å².